The van der Waals surface area contributed by atoms with Crippen molar-refractivity contribution in [2.24, 2.45) is 0 Å². The summed E-state index contributed by atoms with van der Waals surface area (Å²) in [6, 6.07) is 6.74. The van der Waals surface area contributed by atoms with Crippen LogP contribution in [0.5, 0.6) is 0 Å². The summed E-state index contributed by atoms with van der Waals surface area (Å²) in [4.78, 5) is 21.0. The van der Waals surface area contributed by atoms with E-state index in [1.165, 1.54) is 12.3 Å². The summed E-state index contributed by atoms with van der Waals surface area (Å²) in [7, 11) is 0. The van der Waals surface area contributed by atoms with Crippen LogP contribution in [-0.4, -0.2) is 29.3 Å². The van der Waals surface area contributed by atoms with Crippen molar-refractivity contribution < 1.29 is 4.39 Å². The van der Waals surface area contributed by atoms with Gasteiger partial charge in [0, 0.05) is 18.0 Å². The summed E-state index contributed by atoms with van der Waals surface area (Å²) in [5.74, 6) is 1.27. The average Bonchev–Trinajstić information content (AvgIpc) is 3.07. The Balaban J connectivity index is 1.67. The van der Waals surface area contributed by atoms with E-state index in [-0.39, 0.29) is 12.0 Å². The van der Waals surface area contributed by atoms with Crippen LogP contribution >= 0.6 is 0 Å². The number of hydrogen-bond donors (Lipinski definition) is 2. The molecule has 4 aromatic heterocycles. The van der Waals surface area contributed by atoms with Crippen LogP contribution in [0.25, 0.3) is 16.9 Å². The number of aromatic nitrogens is 6. The van der Waals surface area contributed by atoms with Crippen molar-refractivity contribution in [3.63, 3.8) is 0 Å². The van der Waals surface area contributed by atoms with Crippen molar-refractivity contribution in [2.45, 2.75) is 26.3 Å². The normalized spacial score (nSPS) is 12.2. The number of nitrogens with two attached hydrogens (primary N) is 1. The van der Waals surface area contributed by atoms with E-state index in [2.05, 4.69) is 30.2 Å². The topological polar surface area (TPSA) is 107 Å². The molecular formula is C19H19FN8. The van der Waals surface area contributed by atoms with Gasteiger partial charge in [0.05, 0.1) is 17.8 Å². The Morgan fingerprint density at radius 3 is 2.71 bits per heavy atom. The molecule has 4 heterocycles. The number of rotatable bonds is 5. The number of aryl methyl sites for hydroxylation is 1. The van der Waals surface area contributed by atoms with Gasteiger partial charge in [-0.3, -0.25) is 0 Å². The molecule has 1 atom stereocenters. The summed E-state index contributed by atoms with van der Waals surface area (Å²) < 4.78 is 15.1. The molecule has 142 valence electrons. The van der Waals surface area contributed by atoms with Gasteiger partial charge in [-0.15, -0.1) is 0 Å². The second-order valence-corrected chi connectivity index (χ2v) is 6.38. The quantitative estimate of drug-likeness (QED) is 0.514. The third-order valence-electron chi connectivity index (χ3n) is 4.49. The summed E-state index contributed by atoms with van der Waals surface area (Å²) in [6.07, 6.45) is 5.94. The smallest absolute Gasteiger partial charge is 0.228 e. The van der Waals surface area contributed by atoms with Gasteiger partial charge in [0.25, 0.3) is 0 Å². The maximum Gasteiger partial charge on any atom is 0.228 e. The number of pyridine rings is 2. The van der Waals surface area contributed by atoms with E-state index in [9.17, 15) is 4.39 Å². The molecule has 8 nitrogen and oxygen atoms in total. The van der Waals surface area contributed by atoms with Crippen molar-refractivity contribution in [1.29, 1.82) is 0 Å². The Hall–Kier alpha value is -3.62. The highest BCUT2D eigenvalue weighted by molar-refractivity contribution is 5.61. The zero-order valence-corrected chi connectivity index (χ0v) is 15.5. The zero-order chi connectivity index (χ0) is 19.7. The predicted octanol–water partition coefficient (Wildman–Crippen LogP) is 3.17. The second kappa shape index (κ2) is 7.18. The highest BCUT2D eigenvalue weighted by Gasteiger charge is 2.14. The molecule has 4 rings (SSSR count). The van der Waals surface area contributed by atoms with Crippen LogP contribution in [0.2, 0.25) is 0 Å². The third kappa shape index (κ3) is 3.46. The maximum atomic E-state index is 13.1. The van der Waals surface area contributed by atoms with Crippen LogP contribution in [-0.2, 0) is 0 Å². The Morgan fingerprint density at radius 1 is 1.11 bits per heavy atom. The Kier molecular flexibility index (Phi) is 4.56. The highest BCUT2D eigenvalue weighted by Crippen LogP contribution is 2.23. The summed E-state index contributed by atoms with van der Waals surface area (Å²) in [5, 5.41) is 3.24. The maximum absolute atomic E-state index is 13.1. The van der Waals surface area contributed by atoms with Gasteiger partial charge >= 0.3 is 0 Å². The van der Waals surface area contributed by atoms with Gasteiger partial charge in [-0.1, -0.05) is 13.0 Å². The van der Waals surface area contributed by atoms with Gasteiger partial charge < -0.3 is 15.5 Å². The number of nitrogens with one attached hydrogen (secondary N) is 1. The monoisotopic (exact) mass is 378 g/mol. The average molecular weight is 378 g/mol. The second-order valence-electron chi connectivity index (χ2n) is 6.38. The molecule has 0 fully saturated rings. The molecule has 3 N–H and O–H groups in total. The first-order chi connectivity index (χ1) is 13.5. The van der Waals surface area contributed by atoms with Crippen molar-refractivity contribution in [3.05, 3.63) is 60.2 Å². The molecule has 0 aromatic carbocycles. The lowest BCUT2D eigenvalue weighted by molar-refractivity contribution is 0.580. The van der Waals surface area contributed by atoms with Crippen LogP contribution in [0.1, 0.15) is 30.8 Å². The Morgan fingerprint density at radius 2 is 1.96 bits per heavy atom. The van der Waals surface area contributed by atoms with Crippen LogP contribution < -0.4 is 11.1 Å². The Bertz CT molecular complexity index is 1120. The fourth-order valence-corrected chi connectivity index (χ4v) is 3.01. The molecule has 4 aromatic rings. The number of nitrogens with zero attached hydrogens (tertiary/aromatic N) is 6. The highest BCUT2D eigenvalue weighted by atomic mass is 19.1. The van der Waals surface area contributed by atoms with E-state index in [1.54, 1.807) is 12.3 Å². The summed E-state index contributed by atoms with van der Waals surface area (Å²) >= 11 is 0. The predicted molar refractivity (Wildman–Crippen MR) is 104 cm³/mol. The molecule has 0 saturated heterocycles. The molecule has 0 amide bonds. The van der Waals surface area contributed by atoms with Gasteiger partial charge in [-0.2, -0.15) is 19.3 Å². The molecular weight excluding hydrogens is 359 g/mol. The molecule has 0 aliphatic rings. The molecule has 0 spiro atoms. The fraction of sp³-hybridized carbons (Fsp3) is 0.211. The number of fused-ring (bicyclic) bond motifs is 1. The number of nitrogen functional groups attached to an aromatic ring is 1. The third-order valence-corrected chi connectivity index (χ3v) is 4.49. The van der Waals surface area contributed by atoms with Gasteiger partial charge in [0.1, 0.15) is 5.82 Å². The SMILES string of the molecule is CC[C@@H](Nc1nc(N)nc(-c2ccc3cnc(C)n3c2)n1)c1ccc(F)nc1. The van der Waals surface area contributed by atoms with E-state index in [1.807, 2.05) is 36.6 Å². The fourth-order valence-electron chi connectivity index (χ4n) is 3.01. The summed E-state index contributed by atoms with van der Waals surface area (Å²) in [6.45, 7) is 3.93. The van der Waals surface area contributed by atoms with Crippen molar-refractivity contribution >= 4 is 17.4 Å². The van der Waals surface area contributed by atoms with Crippen LogP contribution in [0.4, 0.5) is 16.3 Å². The lowest BCUT2D eigenvalue weighted by Crippen LogP contribution is -2.14. The van der Waals surface area contributed by atoms with Crippen molar-refractivity contribution in [2.75, 3.05) is 11.1 Å². The van der Waals surface area contributed by atoms with Gasteiger partial charge in [0.2, 0.25) is 17.8 Å². The minimum atomic E-state index is -0.518. The molecule has 0 saturated carbocycles. The van der Waals surface area contributed by atoms with Gasteiger partial charge in [-0.25, -0.2) is 9.97 Å². The van der Waals surface area contributed by atoms with Gasteiger partial charge in [-0.05, 0) is 37.1 Å². The Labute approximate surface area is 160 Å². The van der Waals surface area contributed by atoms with E-state index in [0.717, 1.165) is 28.9 Å². The first-order valence-corrected chi connectivity index (χ1v) is 8.87. The van der Waals surface area contributed by atoms with Crippen LogP contribution in [0.15, 0.2) is 42.9 Å². The lowest BCUT2D eigenvalue weighted by Gasteiger charge is -2.17. The molecule has 0 radical (unpaired) electrons. The van der Waals surface area contributed by atoms with Crippen LogP contribution in [0.3, 0.4) is 0 Å². The molecule has 0 bridgehead atoms. The molecule has 0 aliphatic carbocycles. The first-order valence-electron chi connectivity index (χ1n) is 8.87. The number of hydrogen-bond acceptors (Lipinski definition) is 7. The number of anilines is 2. The van der Waals surface area contributed by atoms with Gasteiger partial charge in [0.15, 0.2) is 5.82 Å². The van der Waals surface area contributed by atoms with E-state index in [0.29, 0.717) is 11.8 Å². The molecule has 0 aliphatic heterocycles. The largest absolute Gasteiger partial charge is 0.368 e. The van der Waals surface area contributed by atoms with Crippen molar-refractivity contribution in [1.82, 2.24) is 29.3 Å². The first kappa shape index (κ1) is 17.8. The molecule has 0 unspecified atom stereocenters. The zero-order valence-electron chi connectivity index (χ0n) is 15.5. The number of halogens is 1. The number of imidazole rings is 1. The lowest BCUT2D eigenvalue weighted by atomic mass is 10.1. The standard InChI is InChI=1S/C19H19FN8/c1-3-15(12-5-7-16(20)23-8-12)24-19-26-17(25-18(21)27-19)13-4-6-14-9-22-11(2)28(14)10-13/h4-10,15H,3H2,1-2H3,(H3,21,24,25,26,27)/t15-/m1/s1. The summed E-state index contributed by atoms with van der Waals surface area (Å²) in [5.41, 5.74) is 8.52. The van der Waals surface area contributed by atoms with E-state index >= 15 is 0 Å². The molecule has 9 heteroatoms. The van der Waals surface area contributed by atoms with Crippen LogP contribution in [0, 0.1) is 12.9 Å². The minimum absolute atomic E-state index is 0.113. The van der Waals surface area contributed by atoms with E-state index < -0.39 is 5.95 Å². The minimum Gasteiger partial charge on any atom is -0.368 e. The van der Waals surface area contributed by atoms with E-state index in [4.69, 9.17) is 5.73 Å². The van der Waals surface area contributed by atoms with Crippen molar-refractivity contribution in [3.8, 4) is 11.4 Å². The molecule has 28 heavy (non-hydrogen) atoms.